The third-order valence-electron chi connectivity index (χ3n) is 8.62. The Morgan fingerprint density at radius 1 is 1.31 bits per heavy atom. The molecule has 2 heterocycles. The van der Waals surface area contributed by atoms with Gasteiger partial charge in [0, 0.05) is 30.2 Å². The fourth-order valence-corrected chi connectivity index (χ4v) is 7.19. The first-order chi connectivity index (χ1) is 13.5. The van der Waals surface area contributed by atoms with Crippen molar-refractivity contribution in [2.45, 2.75) is 76.8 Å². The first-order valence-electron chi connectivity index (χ1n) is 10.4. The van der Waals surface area contributed by atoms with Crippen LogP contribution in [0.1, 0.15) is 57.8 Å². The van der Waals surface area contributed by atoms with Crippen LogP contribution in [0.25, 0.3) is 0 Å². The summed E-state index contributed by atoms with van der Waals surface area (Å²) in [6.07, 6.45) is 0.544. The second-order valence-electron chi connectivity index (χ2n) is 10.1. The highest BCUT2D eigenvalue weighted by atomic mass is 16.6. The Hall–Kier alpha value is -1.86. The van der Waals surface area contributed by atoms with Gasteiger partial charge in [-0.25, -0.2) is 0 Å². The number of rotatable bonds is 1. The van der Waals surface area contributed by atoms with Crippen LogP contribution in [0.3, 0.4) is 0 Å². The molecule has 0 spiro atoms. The van der Waals surface area contributed by atoms with Gasteiger partial charge < -0.3 is 24.1 Å². The molecule has 5 rings (SSSR count). The molecule has 7 nitrogen and oxygen atoms in total. The van der Waals surface area contributed by atoms with Gasteiger partial charge in [0.1, 0.15) is 17.5 Å². The first-order valence-corrected chi connectivity index (χ1v) is 10.4. The Balaban J connectivity index is 1.77. The molecule has 2 saturated carbocycles. The van der Waals surface area contributed by atoms with E-state index in [4.69, 9.17) is 13.9 Å². The van der Waals surface area contributed by atoms with Crippen LogP contribution in [0.5, 0.6) is 0 Å². The van der Waals surface area contributed by atoms with Gasteiger partial charge in [-0.1, -0.05) is 20.8 Å². The molecule has 2 N–H and O–H groups in total. The summed E-state index contributed by atoms with van der Waals surface area (Å²) in [5.41, 5.74) is -2.44. The number of furan rings is 1. The highest BCUT2D eigenvalue weighted by Crippen LogP contribution is 2.69. The number of carbonyl (C=O) groups is 2. The van der Waals surface area contributed by atoms with Crippen molar-refractivity contribution in [3.8, 4) is 0 Å². The normalized spacial score (nSPS) is 46.9. The maximum atomic E-state index is 13.0. The van der Waals surface area contributed by atoms with Gasteiger partial charge in [-0.05, 0) is 30.2 Å². The van der Waals surface area contributed by atoms with Gasteiger partial charge in [0.15, 0.2) is 6.10 Å². The Labute approximate surface area is 169 Å². The van der Waals surface area contributed by atoms with Gasteiger partial charge in [-0.3, -0.25) is 9.59 Å². The quantitative estimate of drug-likeness (QED) is 0.689. The Morgan fingerprint density at radius 3 is 2.72 bits per heavy atom. The zero-order chi connectivity index (χ0) is 20.9. The number of hydrogen-bond donors (Lipinski definition) is 2. The van der Waals surface area contributed by atoms with E-state index in [-0.39, 0.29) is 17.8 Å². The van der Waals surface area contributed by atoms with E-state index < -0.39 is 46.6 Å². The lowest BCUT2D eigenvalue weighted by Crippen LogP contribution is -2.79. The molecule has 29 heavy (non-hydrogen) atoms. The van der Waals surface area contributed by atoms with Crippen LogP contribution in [0.2, 0.25) is 0 Å². The van der Waals surface area contributed by atoms with Gasteiger partial charge in [0.05, 0.1) is 18.3 Å². The standard InChI is InChI=1S/C22H28O7/c1-10(23)28-18-17-16-12(9-13-11(6-8-27-13)15(16)19(25)29-17)21(4)14(24)5-7-20(2,3)22(18,21)26/h6,8,12,14-18,24,26H,5,7,9H2,1-4H3/t12-,14?,15+,16-,17-,18?,21+,22-/m1/s1. The fraction of sp³-hybridized carbons (Fsp3) is 0.727. The van der Waals surface area contributed by atoms with E-state index in [2.05, 4.69) is 0 Å². The van der Waals surface area contributed by atoms with E-state index in [1.807, 2.05) is 20.8 Å². The molecule has 1 saturated heterocycles. The number of aliphatic hydroxyl groups excluding tert-OH is 1. The highest BCUT2D eigenvalue weighted by molar-refractivity contribution is 5.82. The lowest BCUT2D eigenvalue weighted by molar-refractivity contribution is -0.330. The molecular weight excluding hydrogens is 376 g/mol. The van der Waals surface area contributed by atoms with Crippen molar-refractivity contribution < 1.29 is 33.7 Å². The Morgan fingerprint density at radius 2 is 2.03 bits per heavy atom. The average molecular weight is 404 g/mol. The van der Waals surface area contributed by atoms with Crippen LogP contribution in [0, 0.1) is 22.7 Å². The average Bonchev–Trinajstić information content (AvgIpc) is 3.24. The third-order valence-corrected chi connectivity index (χ3v) is 8.62. The Bertz CT molecular complexity index is 887. The van der Waals surface area contributed by atoms with Crippen LogP contribution < -0.4 is 0 Å². The molecule has 3 fully saturated rings. The van der Waals surface area contributed by atoms with E-state index in [1.54, 1.807) is 12.3 Å². The number of carbonyl (C=O) groups excluding carboxylic acids is 2. The molecule has 0 aromatic carbocycles. The summed E-state index contributed by atoms with van der Waals surface area (Å²) in [4.78, 5) is 25.0. The topological polar surface area (TPSA) is 106 Å². The first kappa shape index (κ1) is 19.1. The minimum atomic E-state index is -1.57. The second kappa shape index (κ2) is 5.64. The zero-order valence-corrected chi connectivity index (χ0v) is 17.2. The van der Waals surface area contributed by atoms with Crippen molar-refractivity contribution in [2.75, 3.05) is 0 Å². The van der Waals surface area contributed by atoms with E-state index in [0.29, 0.717) is 25.0 Å². The SMILES string of the molecule is CC(=O)OC1[C@@H]2OC(=O)[C@H]3c4ccoc4C[C@H]([C@H]32)[C@@]2(C)C(O)CCC(C)(C)[C@]12O. The molecule has 0 radical (unpaired) electrons. The summed E-state index contributed by atoms with van der Waals surface area (Å²) in [5, 5.41) is 23.6. The summed E-state index contributed by atoms with van der Waals surface area (Å²) < 4.78 is 17.2. The van der Waals surface area contributed by atoms with E-state index in [1.165, 1.54) is 6.92 Å². The second-order valence-corrected chi connectivity index (χ2v) is 10.1. The number of ether oxygens (including phenoxy) is 2. The number of fused-ring (bicyclic) bond motifs is 4. The molecular formula is C22H28O7. The van der Waals surface area contributed by atoms with Crippen molar-refractivity contribution >= 4 is 11.9 Å². The molecule has 1 aromatic rings. The van der Waals surface area contributed by atoms with E-state index >= 15 is 0 Å². The molecule has 3 aliphatic carbocycles. The minimum absolute atomic E-state index is 0.256. The molecule has 0 bridgehead atoms. The van der Waals surface area contributed by atoms with Crippen molar-refractivity contribution in [3.63, 3.8) is 0 Å². The van der Waals surface area contributed by atoms with Crippen LogP contribution in [-0.2, 0) is 25.5 Å². The van der Waals surface area contributed by atoms with E-state index in [9.17, 15) is 19.8 Å². The maximum absolute atomic E-state index is 13.0. The summed E-state index contributed by atoms with van der Waals surface area (Å²) in [5.74, 6) is -1.31. The molecule has 1 aliphatic heterocycles. The summed E-state index contributed by atoms with van der Waals surface area (Å²) in [6.45, 7) is 7.04. The summed E-state index contributed by atoms with van der Waals surface area (Å²) in [6, 6.07) is 1.80. The van der Waals surface area contributed by atoms with Crippen molar-refractivity contribution in [1.29, 1.82) is 0 Å². The van der Waals surface area contributed by atoms with Crippen LogP contribution in [0.4, 0.5) is 0 Å². The fourth-order valence-electron chi connectivity index (χ4n) is 7.19. The van der Waals surface area contributed by atoms with Crippen molar-refractivity contribution in [1.82, 2.24) is 0 Å². The van der Waals surface area contributed by atoms with Gasteiger partial charge in [-0.2, -0.15) is 0 Å². The van der Waals surface area contributed by atoms with Crippen molar-refractivity contribution in [3.05, 3.63) is 23.7 Å². The molecule has 1 aromatic heterocycles. The van der Waals surface area contributed by atoms with Crippen molar-refractivity contribution in [2.24, 2.45) is 22.7 Å². The lowest BCUT2D eigenvalue weighted by Gasteiger charge is -2.68. The number of hydrogen-bond acceptors (Lipinski definition) is 7. The van der Waals surface area contributed by atoms with Crippen LogP contribution in [-0.4, -0.2) is 46.1 Å². The summed E-state index contributed by atoms with van der Waals surface area (Å²) >= 11 is 0. The molecule has 8 atom stereocenters. The van der Waals surface area contributed by atoms with Gasteiger partial charge in [0.25, 0.3) is 0 Å². The van der Waals surface area contributed by atoms with E-state index in [0.717, 1.165) is 5.56 Å². The van der Waals surface area contributed by atoms with Gasteiger partial charge >= 0.3 is 11.9 Å². The smallest absolute Gasteiger partial charge is 0.314 e. The Kier molecular flexibility index (Phi) is 3.72. The zero-order valence-electron chi connectivity index (χ0n) is 17.2. The number of esters is 2. The predicted octanol–water partition coefficient (Wildman–Crippen LogP) is 1.94. The third kappa shape index (κ3) is 2.05. The molecule has 7 heteroatoms. The van der Waals surface area contributed by atoms with Gasteiger partial charge in [-0.15, -0.1) is 0 Å². The van der Waals surface area contributed by atoms with Crippen LogP contribution >= 0.6 is 0 Å². The minimum Gasteiger partial charge on any atom is -0.469 e. The molecule has 0 amide bonds. The highest BCUT2D eigenvalue weighted by Gasteiger charge is 2.78. The maximum Gasteiger partial charge on any atom is 0.314 e. The van der Waals surface area contributed by atoms with Crippen LogP contribution in [0.15, 0.2) is 16.7 Å². The molecule has 4 aliphatic rings. The summed E-state index contributed by atoms with van der Waals surface area (Å²) in [7, 11) is 0. The predicted molar refractivity (Wildman–Crippen MR) is 99.6 cm³/mol. The molecule has 2 unspecified atom stereocenters. The molecule has 158 valence electrons. The van der Waals surface area contributed by atoms with Gasteiger partial charge in [0.2, 0.25) is 0 Å². The lowest BCUT2D eigenvalue weighted by atomic mass is 9.39. The largest absolute Gasteiger partial charge is 0.469 e. The number of aliphatic hydroxyl groups is 2. The monoisotopic (exact) mass is 404 g/mol.